The Morgan fingerprint density at radius 3 is 2.19 bits per heavy atom. The topological polar surface area (TPSA) is 70.6 Å². The number of hydrogen-bond acceptors (Lipinski definition) is 4. The number of benzene rings is 2. The number of amides is 1. The van der Waals surface area contributed by atoms with Crippen LogP contribution in [0.5, 0.6) is 0 Å². The maximum absolute atomic E-state index is 12.1. The number of alkyl carbamates (subject to hydrolysis) is 1. The summed E-state index contributed by atoms with van der Waals surface area (Å²) in [5, 5.41) is 16.2. The highest BCUT2D eigenvalue weighted by molar-refractivity contribution is 5.67. The molecular weight excluding hydrogens is 340 g/mol. The molecule has 0 fully saturated rings. The number of nitrogens with one attached hydrogen (secondary N) is 2. The van der Waals surface area contributed by atoms with Gasteiger partial charge in [0, 0.05) is 0 Å². The number of carbonyl (C=O) groups excluding carboxylic acids is 1. The summed E-state index contributed by atoms with van der Waals surface area (Å²) in [5.74, 6) is 0. The molecule has 1 unspecified atom stereocenters. The fraction of sp³-hybridized carbons (Fsp3) is 0.409. The van der Waals surface area contributed by atoms with E-state index < -0.39 is 17.9 Å². The molecule has 2 aromatic carbocycles. The van der Waals surface area contributed by atoms with Crippen LogP contribution in [0.1, 0.15) is 37.8 Å². The normalized spacial score (nSPS) is 12.4. The molecule has 0 spiro atoms. The Bertz CT molecular complexity index is 669. The fourth-order valence-corrected chi connectivity index (χ4v) is 2.71. The lowest BCUT2D eigenvalue weighted by molar-refractivity contribution is 0.0213. The Morgan fingerprint density at radius 2 is 1.59 bits per heavy atom. The summed E-state index contributed by atoms with van der Waals surface area (Å²) < 4.78 is 5.24. The second-order valence-electron chi connectivity index (χ2n) is 7.19. The zero-order valence-electron chi connectivity index (χ0n) is 16.2. The van der Waals surface area contributed by atoms with Crippen LogP contribution >= 0.6 is 0 Å². The van der Waals surface area contributed by atoms with Gasteiger partial charge >= 0.3 is 6.09 Å². The van der Waals surface area contributed by atoms with Gasteiger partial charge < -0.3 is 15.2 Å². The zero-order chi connectivity index (χ0) is 19.5. The van der Waals surface area contributed by atoms with Gasteiger partial charge in [0.2, 0.25) is 0 Å². The molecule has 2 rings (SSSR count). The first-order chi connectivity index (χ1) is 12.9. The third-order valence-corrected chi connectivity index (χ3v) is 4.26. The maximum Gasteiger partial charge on any atom is 0.408 e. The third-order valence-electron chi connectivity index (χ3n) is 4.26. The minimum Gasteiger partial charge on any atom is -0.445 e. The van der Waals surface area contributed by atoms with Gasteiger partial charge in [-0.25, -0.2) is 4.79 Å². The second-order valence-corrected chi connectivity index (χ2v) is 7.19. The van der Waals surface area contributed by atoms with E-state index >= 15 is 0 Å². The number of hydrogen-bond donors (Lipinski definition) is 3. The molecule has 0 saturated heterocycles. The Labute approximate surface area is 161 Å². The predicted octanol–water partition coefficient (Wildman–Crippen LogP) is 3.62. The number of aryl methyl sites for hydroxylation is 1. The monoisotopic (exact) mass is 370 g/mol. The van der Waals surface area contributed by atoms with Gasteiger partial charge in [-0.05, 0) is 50.8 Å². The molecule has 27 heavy (non-hydrogen) atoms. The molecule has 5 nitrogen and oxygen atoms in total. The molecule has 0 radical (unpaired) electrons. The van der Waals surface area contributed by atoms with Crippen LogP contribution in [-0.4, -0.2) is 29.5 Å². The van der Waals surface area contributed by atoms with Gasteiger partial charge in [-0.15, -0.1) is 0 Å². The second kappa shape index (κ2) is 10.7. The van der Waals surface area contributed by atoms with Crippen LogP contribution in [0.3, 0.4) is 0 Å². The molecule has 0 aliphatic rings. The highest BCUT2D eigenvalue weighted by Crippen LogP contribution is 2.08. The largest absolute Gasteiger partial charge is 0.445 e. The van der Waals surface area contributed by atoms with Gasteiger partial charge in [-0.3, -0.25) is 5.32 Å². The highest BCUT2D eigenvalue weighted by Gasteiger charge is 2.28. The predicted molar refractivity (Wildman–Crippen MR) is 107 cm³/mol. The van der Waals surface area contributed by atoms with Crippen molar-refractivity contribution in [3.05, 3.63) is 71.8 Å². The van der Waals surface area contributed by atoms with Crippen LogP contribution in [0.15, 0.2) is 60.7 Å². The van der Waals surface area contributed by atoms with Crippen LogP contribution in [0, 0.1) is 0 Å². The Morgan fingerprint density at radius 1 is 1.00 bits per heavy atom. The number of carbonyl (C=O) groups is 1. The Kier molecular flexibility index (Phi) is 8.30. The summed E-state index contributed by atoms with van der Waals surface area (Å²) in [6, 6.07) is 19.8. The van der Waals surface area contributed by atoms with Crippen LogP contribution in [0.4, 0.5) is 4.79 Å². The summed E-state index contributed by atoms with van der Waals surface area (Å²) in [5.41, 5.74) is 1.13. The van der Waals surface area contributed by atoms with Gasteiger partial charge in [-0.1, -0.05) is 60.7 Å². The molecule has 0 bridgehead atoms. The van der Waals surface area contributed by atoms with Crippen molar-refractivity contribution in [2.45, 2.75) is 51.5 Å². The summed E-state index contributed by atoms with van der Waals surface area (Å²) in [7, 11) is 0. The van der Waals surface area contributed by atoms with E-state index in [-0.39, 0.29) is 6.61 Å². The van der Waals surface area contributed by atoms with E-state index in [2.05, 4.69) is 22.8 Å². The zero-order valence-corrected chi connectivity index (χ0v) is 16.2. The molecule has 0 aromatic heterocycles. The molecular formula is C22H30N2O3. The maximum atomic E-state index is 12.1. The van der Waals surface area contributed by atoms with E-state index in [0.717, 1.165) is 24.8 Å². The summed E-state index contributed by atoms with van der Waals surface area (Å²) >= 11 is 0. The van der Waals surface area contributed by atoms with Crippen LogP contribution in [0.25, 0.3) is 0 Å². The summed E-state index contributed by atoms with van der Waals surface area (Å²) in [4.78, 5) is 12.1. The summed E-state index contributed by atoms with van der Waals surface area (Å²) in [6.07, 6.45) is 1.86. The highest BCUT2D eigenvalue weighted by atomic mass is 16.5. The fourth-order valence-electron chi connectivity index (χ4n) is 2.71. The van der Waals surface area contributed by atoms with Crippen molar-refractivity contribution >= 4 is 6.09 Å². The van der Waals surface area contributed by atoms with Crippen molar-refractivity contribution < 1.29 is 14.6 Å². The van der Waals surface area contributed by atoms with Crippen molar-refractivity contribution in [1.82, 2.24) is 10.6 Å². The lowest BCUT2D eigenvalue weighted by Crippen LogP contribution is -2.57. The lowest BCUT2D eigenvalue weighted by Gasteiger charge is -2.30. The summed E-state index contributed by atoms with van der Waals surface area (Å²) in [6.45, 7) is 4.21. The minimum absolute atomic E-state index is 0.197. The smallest absolute Gasteiger partial charge is 0.408 e. The van der Waals surface area contributed by atoms with Gasteiger partial charge in [-0.2, -0.15) is 0 Å². The van der Waals surface area contributed by atoms with Crippen LogP contribution in [0.2, 0.25) is 0 Å². The average Bonchev–Trinajstić information content (AvgIpc) is 2.66. The first-order valence-corrected chi connectivity index (χ1v) is 9.42. The average molecular weight is 370 g/mol. The molecule has 2 aromatic rings. The molecule has 3 N–H and O–H groups in total. The van der Waals surface area contributed by atoms with Crippen molar-refractivity contribution in [3.8, 4) is 0 Å². The molecule has 1 amide bonds. The number of rotatable bonds is 10. The van der Waals surface area contributed by atoms with Gasteiger partial charge in [0.15, 0.2) is 0 Å². The number of ether oxygens (including phenoxy) is 1. The first-order valence-electron chi connectivity index (χ1n) is 9.42. The van der Waals surface area contributed by atoms with Crippen molar-refractivity contribution in [3.63, 3.8) is 0 Å². The standard InChI is InChI=1S/C22H30N2O3/c1-22(2,26)20(23-16-10-9-13-18-11-5-3-6-12-18)24-21(25)27-17-19-14-7-4-8-15-19/h3-8,11-12,14-15,20,23,26H,9-10,13,16-17H2,1-2H3,(H,24,25). The molecule has 0 aliphatic carbocycles. The quantitative estimate of drug-likeness (QED) is 0.441. The van der Waals surface area contributed by atoms with Crippen LogP contribution in [-0.2, 0) is 17.8 Å². The van der Waals surface area contributed by atoms with E-state index in [1.165, 1.54) is 5.56 Å². The van der Waals surface area contributed by atoms with Gasteiger partial charge in [0.25, 0.3) is 0 Å². The molecule has 1 atom stereocenters. The molecule has 0 heterocycles. The van der Waals surface area contributed by atoms with E-state index in [1.807, 2.05) is 48.5 Å². The van der Waals surface area contributed by atoms with E-state index in [4.69, 9.17) is 4.74 Å². The minimum atomic E-state index is -1.11. The number of unbranched alkanes of at least 4 members (excludes halogenated alkanes) is 1. The van der Waals surface area contributed by atoms with Crippen molar-refractivity contribution in [1.29, 1.82) is 0 Å². The van der Waals surface area contributed by atoms with E-state index in [9.17, 15) is 9.90 Å². The van der Waals surface area contributed by atoms with E-state index in [1.54, 1.807) is 13.8 Å². The molecule has 146 valence electrons. The van der Waals surface area contributed by atoms with Gasteiger partial charge in [0.05, 0.1) is 5.60 Å². The first kappa shape index (κ1) is 20.9. The van der Waals surface area contributed by atoms with Crippen LogP contribution < -0.4 is 10.6 Å². The van der Waals surface area contributed by atoms with Crippen molar-refractivity contribution in [2.75, 3.05) is 6.54 Å². The SMILES string of the molecule is CC(C)(O)C(NCCCCc1ccccc1)NC(=O)OCc1ccccc1. The Hall–Kier alpha value is -2.37. The van der Waals surface area contributed by atoms with Gasteiger partial charge in [0.1, 0.15) is 12.8 Å². The van der Waals surface area contributed by atoms with E-state index in [0.29, 0.717) is 6.54 Å². The van der Waals surface area contributed by atoms with Crippen molar-refractivity contribution in [2.24, 2.45) is 0 Å². The third kappa shape index (κ3) is 8.24. The Balaban J connectivity index is 1.71. The molecule has 0 saturated carbocycles. The lowest BCUT2D eigenvalue weighted by atomic mass is 10.1. The number of aliphatic hydroxyl groups is 1. The molecule has 0 aliphatic heterocycles. The molecule has 5 heteroatoms.